The van der Waals surface area contributed by atoms with Crippen LogP contribution in [0.1, 0.15) is 30.6 Å². The van der Waals surface area contributed by atoms with Crippen molar-refractivity contribution < 1.29 is 9.53 Å². The quantitative estimate of drug-likeness (QED) is 0.710. The molecule has 0 radical (unpaired) electrons. The highest BCUT2D eigenvalue weighted by atomic mass is 32.2. The standard InChI is InChI=1S/C13H18O2S/c1-4-10(2)16-9-13(14)11-5-7-12(15-3)8-6-11/h5-8,10H,4,9H2,1-3H3. The molecule has 3 heteroatoms. The van der Waals surface area contributed by atoms with E-state index in [0.717, 1.165) is 17.7 Å². The Balaban J connectivity index is 2.52. The van der Waals surface area contributed by atoms with Crippen molar-refractivity contribution in [1.29, 1.82) is 0 Å². The zero-order valence-corrected chi connectivity index (χ0v) is 10.8. The Bertz CT molecular complexity index is 332. The second-order valence-corrected chi connectivity index (χ2v) is 5.11. The Labute approximate surface area is 101 Å². The summed E-state index contributed by atoms with van der Waals surface area (Å²) in [6.45, 7) is 4.28. The lowest BCUT2D eigenvalue weighted by Gasteiger charge is -2.07. The maximum absolute atomic E-state index is 11.8. The maximum atomic E-state index is 11.8. The predicted octanol–water partition coefficient (Wildman–Crippen LogP) is 3.41. The molecule has 1 aromatic rings. The molecular formula is C13H18O2S. The lowest BCUT2D eigenvalue weighted by molar-refractivity contribution is 0.102. The molecule has 0 fully saturated rings. The molecule has 0 spiro atoms. The van der Waals surface area contributed by atoms with Crippen molar-refractivity contribution >= 4 is 17.5 Å². The summed E-state index contributed by atoms with van der Waals surface area (Å²) in [4.78, 5) is 11.8. The van der Waals surface area contributed by atoms with Gasteiger partial charge in [0.05, 0.1) is 12.9 Å². The summed E-state index contributed by atoms with van der Waals surface area (Å²) in [6, 6.07) is 7.28. The molecule has 1 aromatic carbocycles. The van der Waals surface area contributed by atoms with Crippen molar-refractivity contribution in [1.82, 2.24) is 0 Å². The lowest BCUT2D eigenvalue weighted by Crippen LogP contribution is -2.05. The van der Waals surface area contributed by atoms with Crippen LogP contribution in [-0.4, -0.2) is 23.9 Å². The largest absolute Gasteiger partial charge is 0.497 e. The summed E-state index contributed by atoms with van der Waals surface area (Å²) < 4.78 is 5.05. The van der Waals surface area contributed by atoms with Crippen molar-refractivity contribution in [2.75, 3.05) is 12.9 Å². The van der Waals surface area contributed by atoms with E-state index < -0.39 is 0 Å². The zero-order chi connectivity index (χ0) is 12.0. The van der Waals surface area contributed by atoms with Gasteiger partial charge in [-0.3, -0.25) is 4.79 Å². The number of methoxy groups -OCH3 is 1. The molecule has 0 aromatic heterocycles. The summed E-state index contributed by atoms with van der Waals surface area (Å²) in [6.07, 6.45) is 1.10. The van der Waals surface area contributed by atoms with Crippen LogP contribution >= 0.6 is 11.8 Å². The van der Waals surface area contributed by atoms with E-state index >= 15 is 0 Å². The van der Waals surface area contributed by atoms with Crippen LogP contribution in [0.25, 0.3) is 0 Å². The molecule has 2 nitrogen and oxygen atoms in total. The number of Topliss-reactive ketones (excluding diaryl/α,β-unsaturated/α-hetero) is 1. The van der Waals surface area contributed by atoms with Crippen LogP contribution < -0.4 is 4.74 Å². The molecule has 0 aliphatic rings. The molecule has 0 bridgehead atoms. The van der Waals surface area contributed by atoms with Gasteiger partial charge in [0.1, 0.15) is 5.75 Å². The third-order valence-corrected chi connectivity index (χ3v) is 3.82. The van der Waals surface area contributed by atoms with Crippen LogP contribution in [0.4, 0.5) is 0 Å². The van der Waals surface area contributed by atoms with Gasteiger partial charge in [-0.25, -0.2) is 0 Å². The summed E-state index contributed by atoms with van der Waals surface area (Å²) in [5.41, 5.74) is 0.761. The Morgan fingerprint density at radius 2 is 2.00 bits per heavy atom. The summed E-state index contributed by atoms with van der Waals surface area (Å²) in [7, 11) is 1.62. The van der Waals surface area contributed by atoms with Crippen LogP contribution in [0.15, 0.2) is 24.3 Å². The van der Waals surface area contributed by atoms with E-state index in [9.17, 15) is 4.79 Å². The van der Waals surface area contributed by atoms with Crippen molar-refractivity contribution in [2.45, 2.75) is 25.5 Å². The molecule has 0 amide bonds. The van der Waals surface area contributed by atoms with Crippen molar-refractivity contribution in [2.24, 2.45) is 0 Å². The highest BCUT2D eigenvalue weighted by Gasteiger charge is 2.08. The highest BCUT2D eigenvalue weighted by Crippen LogP contribution is 2.17. The Morgan fingerprint density at radius 1 is 1.38 bits per heavy atom. The third kappa shape index (κ3) is 3.89. The molecule has 0 N–H and O–H groups in total. The fourth-order valence-corrected chi connectivity index (χ4v) is 2.03. The van der Waals surface area contributed by atoms with E-state index in [2.05, 4.69) is 13.8 Å². The zero-order valence-electron chi connectivity index (χ0n) is 10.0. The molecule has 0 saturated heterocycles. The first-order chi connectivity index (χ1) is 7.67. The lowest BCUT2D eigenvalue weighted by atomic mass is 10.1. The van der Waals surface area contributed by atoms with Gasteiger partial charge in [0.15, 0.2) is 5.78 Å². The first-order valence-electron chi connectivity index (χ1n) is 5.46. The van der Waals surface area contributed by atoms with E-state index in [1.807, 2.05) is 24.3 Å². The minimum atomic E-state index is 0.188. The number of hydrogen-bond donors (Lipinski definition) is 0. The fourth-order valence-electron chi connectivity index (χ4n) is 1.20. The van der Waals surface area contributed by atoms with Crippen molar-refractivity contribution in [3.8, 4) is 5.75 Å². The molecule has 0 aliphatic carbocycles. The third-order valence-electron chi connectivity index (χ3n) is 2.49. The average molecular weight is 238 g/mol. The topological polar surface area (TPSA) is 26.3 Å². The first kappa shape index (κ1) is 13.1. The summed E-state index contributed by atoms with van der Waals surface area (Å²) in [5, 5.41) is 0.544. The molecule has 1 unspecified atom stereocenters. The molecule has 0 aliphatic heterocycles. The van der Waals surface area contributed by atoms with Gasteiger partial charge in [0, 0.05) is 10.8 Å². The molecule has 16 heavy (non-hydrogen) atoms. The van der Waals surface area contributed by atoms with Crippen LogP contribution in [0.5, 0.6) is 5.75 Å². The second-order valence-electron chi connectivity index (χ2n) is 3.68. The molecule has 1 rings (SSSR count). The molecular weight excluding hydrogens is 220 g/mol. The number of ketones is 1. The van der Waals surface area contributed by atoms with Gasteiger partial charge >= 0.3 is 0 Å². The normalized spacial score (nSPS) is 12.2. The van der Waals surface area contributed by atoms with E-state index in [0.29, 0.717) is 11.0 Å². The minimum Gasteiger partial charge on any atom is -0.497 e. The Morgan fingerprint density at radius 3 is 2.50 bits per heavy atom. The molecule has 0 saturated carbocycles. The van der Waals surface area contributed by atoms with Crippen LogP contribution in [-0.2, 0) is 0 Å². The summed E-state index contributed by atoms with van der Waals surface area (Å²) in [5.74, 6) is 1.53. The number of rotatable bonds is 6. The minimum absolute atomic E-state index is 0.188. The van der Waals surface area contributed by atoms with Crippen LogP contribution in [0, 0.1) is 0 Å². The average Bonchev–Trinajstić information content (AvgIpc) is 2.35. The number of carbonyl (C=O) groups is 1. The van der Waals surface area contributed by atoms with Crippen LogP contribution in [0.2, 0.25) is 0 Å². The monoisotopic (exact) mass is 238 g/mol. The molecule has 1 atom stereocenters. The van der Waals surface area contributed by atoms with E-state index in [-0.39, 0.29) is 5.78 Å². The van der Waals surface area contributed by atoms with Gasteiger partial charge in [-0.1, -0.05) is 13.8 Å². The Hall–Kier alpha value is -0.960. The number of thioether (sulfide) groups is 1. The molecule has 0 heterocycles. The van der Waals surface area contributed by atoms with Gasteiger partial charge in [0.25, 0.3) is 0 Å². The van der Waals surface area contributed by atoms with Gasteiger partial charge in [-0.05, 0) is 30.7 Å². The summed E-state index contributed by atoms with van der Waals surface area (Å²) >= 11 is 1.71. The van der Waals surface area contributed by atoms with Crippen LogP contribution in [0.3, 0.4) is 0 Å². The predicted molar refractivity (Wildman–Crippen MR) is 69.5 cm³/mol. The van der Waals surface area contributed by atoms with E-state index in [1.54, 1.807) is 18.9 Å². The van der Waals surface area contributed by atoms with Crippen molar-refractivity contribution in [3.63, 3.8) is 0 Å². The number of ether oxygens (including phenoxy) is 1. The van der Waals surface area contributed by atoms with Crippen molar-refractivity contribution in [3.05, 3.63) is 29.8 Å². The smallest absolute Gasteiger partial charge is 0.172 e. The van der Waals surface area contributed by atoms with Gasteiger partial charge in [-0.15, -0.1) is 0 Å². The maximum Gasteiger partial charge on any atom is 0.172 e. The number of hydrogen-bond acceptors (Lipinski definition) is 3. The Kier molecular flexibility index (Phi) is 5.39. The number of carbonyl (C=O) groups excluding carboxylic acids is 1. The highest BCUT2D eigenvalue weighted by molar-refractivity contribution is 8.00. The number of benzene rings is 1. The van der Waals surface area contributed by atoms with E-state index in [4.69, 9.17) is 4.74 Å². The molecule has 88 valence electrons. The van der Waals surface area contributed by atoms with E-state index in [1.165, 1.54) is 0 Å². The first-order valence-corrected chi connectivity index (χ1v) is 6.51. The SMILES string of the molecule is CCC(C)SCC(=O)c1ccc(OC)cc1. The fraction of sp³-hybridized carbons (Fsp3) is 0.462. The van der Waals surface area contributed by atoms with Gasteiger partial charge in [0.2, 0.25) is 0 Å². The van der Waals surface area contributed by atoms with Gasteiger partial charge < -0.3 is 4.74 Å². The second kappa shape index (κ2) is 6.59. The van der Waals surface area contributed by atoms with Gasteiger partial charge in [-0.2, -0.15) is 11.8 Å².